The molecule has 1 aliphatic rings. The van der Waals surface area contributed by atoms with Crippen LogP contribution in [-0.2, 0) is 0 Å². The zero-order valence-corrected chi connectivity index (χ0v) is 14.9. The van der Waals surface area contributed by atoms with E-state index < -0.39 is 0 Å². The van der Waals surface area contributed by atoms with Crippen molar-refractivity contribution in [1.29, 1.82) is 0 Å². The molecule has 1 N–H and O–H groups in total. The van der Waals surface area contributed by atoms with Crippen molar-refractivity contribution in [2.24, 2.45) is 0 Å². The minimum Gasteiger partial charge on any atom is -0.490 e. The Hall–Kier alpha value is -2.13. The summed E-state index contributed by atoms with van der Waals surface area (Å²) in [6, 6.07) is 12.7. The van der Waals surface area contributed by atoms with Gasteiger partial charge in [-0.25, -0.2) is 0 Å². The molecule has 3 nitrogen and oxygen atoms in total. The number of H-pyrrole nitrogens is 1. The summed E-state index contributed by atoms with van der Waals surface area (Å²) in [7, 11) is 2.09. The van der Waals surface area contributed by atoms with Gasteiger partial charge in [-0.05, 0) is 41.8 Å². The van der Waals surface area contributed by atoms with Gasteiger partial charge in [0.15, 0.2) is 0 Å². The van der Waals surface area contributed by atoms with E-state index in [1.165, 1.54) is 5.69 Å². The largest absolute Gasteiger partial charge is 0.490 e. The lowest BCUT2D eigenvalue weighted by atomic mass is 10.0. The van der Waals surface area contributed by atoms with Crippen LogP contribution in [0.3, 0.4) is 0 Å². The molecule has 2 aromatic carbocycles. The van der Waals surface area contributed by atoms with Gasteiger partial charge in [-0.1, -0.05) is 31.5 Å². The van der Waals surface area contributed by atoms with Crippen LogP contribution in [0.5, 0.6) is 5.75 Å². The number of aromatic nitrogens is 1. The number of fused-ring (bicyclic) bond motifs is 2. The van der Waals surface area contributed by atoms with Crippen molar-refractivity contribution >= 4 is 28.2 Å². The molecule has 124 valence electrons. The van der Waals surface area contributed by atoms with Gasteiger partial charge in [-0.3, -0.25) is 0 Å². The Balaban J connectivity index is 1.82. The number of hydrogen-bond donors (Lipinski definition) is 1. The maximum Gasteiger partial charge on any atom is 0.143 e. The van der Waals surface area contributed by atoms with Crippen molar-refractivity contribution < 1.29 is 4.74 Å². The summed E-state index contributed by atoms with van der Waals surface area (Å²) in [6.45, 7) is 6.00. The molecule has 0 bridgehead atoms. The molecule has 0 unspecified atom stereocenters. The van der Waals surface area contributed by atoms with Gasteiger partial charge in [-0.15, -0.1) is 0 Å². The lowest BCUT2D eigenvalue weighted by Crippen LogP contribution is -2.28. The van der Waals surface area contributed by atoms with Crippen LogP contribution in [0.4, 0.5) is 5.69 Å². The van der Waals surface area contributed by atoms with Crippen LogP contribution in [0.1, 0.15) is 25.5 Å². The summed E-state index contributed by atoms with van der Waals surface area (Å²) in [4.78, 5) is 5.72. The number of anilines is 1. The highest BCUT2D eigenvalue weighted by atomic mass is 35.5. The van der Waals surface area contributed by atoms with Gasteiger partial charge in [0, 0.05) is 34.2 Å². The lowest BCUT2D eigenvalue weighted by Gasteiger charge is -2.28. The van der Waals surface area contributed by atoms with Crippen molar-refractivity contribution in [3.05, 3.63) is 47.1 Å². The summed E-state index contributed by atoms with van der Waals surface area (Å²) in [6.07, 6.45) is 0. The first kappa shape index (κ1) is 15.4. The summed E-state index contributed by atoms with van der Waals surface area (Å²) in [5.74, 6) is 1.39. The van der Waals surface area contributed by atoms with Crippen LogP contribution >= 0.6 is 11.6 Å². The van der Waals surface area contributed by atoms with Gasteiger partial charge in [-0.2, -0.15) is 0 Å². The van der Waals surface area contributed by atoms with E-state index >= 15 is 0 Å². The highest BCUT2D eigenvalue weighted by Crippen LogP contribution is 2.38. The Morgan fingerprint density at radius 3 is 2.79 bits per heavy atom. The molecule has 0 aliphatic carbocycles. The molecule has 0 radical (unpaired) electrons. The molecule has 24 heavy (non-hydrogen) atoms. The van der Waals surface area contributed by atoms with Crippen LogP contribution in [0, 0.1) is 0 Å². The molecule has 0 fully saturated rings. The molecule has 1 aromatic heterocycles. The van der Waals surface area contributed by atoms with Crippen LogP contribution in [0.2, 0.25) is 5.02 Å². The van der Waals surface area contributed by atoms with Gasteiger partial charge in [0.25, 0.3) is 0 Å². The smallest absolute Gasteiger partial charge is 0.143 e. The van der Waals surface area contributed by atoms with E-state index in [-0.39, 0.29) is 0 Å². The Labute approximate surface area is 147 Å². The normalized spacial score (nSPS) is 14.1. The highest BCUT2D eigenvalue weighted by Gasteiger charge is 2.17. The molecule has 1 aliphatic heterocycles. The quantitative estimate of drug-likeness (QED) is 0.672. The van der Waals surface area contributed by atoms with Crippen LogP contribution in [-0.4, -0.2) is 25.2 Å². The third kappa shape index (κ3) is 2.53. The average Bonchev–Trinajstić information content (AvgIpc) is 2.97. The predicted molar refractivity (Wildman–Crippen MR) is 102 cm³/mol. The van der Waals surface area contributed by atoms with Crippen LogP contribution < -0.4 is 9.64 Å². The first-order chi connectivity index (χ1) is 11.5. The molecule has 0 atom stereocenters. The van der Waals surface area contributed by atoms with E-state index in [1.807, 2.05) is 6.07 Å². The minimum atomic E-state index is 0.465. The molecular weight excluding hydrogens is 320 g/mol. The molecule has 0 amide bonds. The summed E-state index contributed by atoms with van der Waals surface area (Å²) >= 11 is 6.57. The molecule has 0 saturated heterocycles. The molecule has 2 heterocycles. The Morgan fingerprint density at radius 2 is 2.00 bits per heavy atom. The van der Waals surface area contributed by atoms with Crippen molar-refractivity contribution in [2.75, 3.05) is 25.1 Å². The van der Waals surface area contributed by atoms with Gasteiger partial charge >= 0.3 is 0 Å². The third-order valence-electron chi connectivity index (χ3n) is 4.72. The number of benzene rings is 2. The van der Waals surface area contributed by atoms with Gasteiger partial charge in [0.1, 0.15) is 12.4 Å². The number of nitrogens with one attached hydrogen (secondary N) is 1. The predicted octanol–water partition coefficient (Wildman–Crippen LogP) is 5.44. The van der Waals surface area contributed by atoms with Gasteiger partial charge in [0.2, 0.25) is 0 Å². The minimum absolute atomic E-state index is 0.465. The molecule has 4 heteroatoms. The second-order valence-corrected chi connectivity index (χ2v) is 7.16. The van der Waals surface area contributed by atoms with Gasteiger partial charge in [0.05, 0.1) is 12.2 Å². The fourth-order valence-electron chi connectivity index (χ4n) is 3.23. The molecule has 4 rings (SSSR count). The van der Waals surface area contributed by atoms with E-state index in [1.54, 1.807) is 0 Å². The molecule has 0 spiro atoms. The number of aromatic amines is 1. The van der Waals surface area contributed by atoms with Crippen molar-refractivity contribution in [3.8, 4) is 16.9 Å². The third-order valence-corrected chi connectivity index (χ3v) is 5.03. The fourth-order valence-corrected chi connectivity index (χ4v) is 3.51. The number of ether oxygens (including phenoxy) is 1. The molecule has 0 saturated carbocycles. The SMILES string of the molecule is CC(C)c1cc2cc(Cl)c(-c3ccc4c(c3)OCCN4C)cc2[nH]1. The fraction of sp³-hybridized carbons (Fsp3) is 0.300. The Morgan fingerprint density at radius 1 is 1.17 bits per heavy atom. The van der Waals surface area contributed by atoms with Crippen molar-refractivity contribution in [2.45, 2.75) is 19.8 Å². The summed E-state index contributed by atoms with van der Waals surface area (Å²) < 4.78 is 5.83. The first-order valence-corrected chi connectivity index (χ1v) is 8.71. The Bertz CT molecular complexity index is 913. The number of hydrogen-bond acceptors (Lipinski definition) is 2. The van der Waals surface area contributed by atoms with Gasteiger partial charge < -0.3 is 14.6 Å². The number of likely N-dealkylation sites (N-methyl/N-ethyl adjacent to an activating group) is 1. The monoisotopic (exact) mass is 340 g/mol. The van der Waals surface area contributed by atoms with Crippen molar-refractivity contribution in [1.82, 2.24) is 4.98 Å². The van der Waals surface area contributed by atoms with E-state index in [4.69, 9.17) is 16.3 Å². The maximum atomic E-state index is 6.57. The van der Waals surface area contributed by atoms with E-state index in [0.29, 0.717) is 12.5 Å². The topological polar surface area (TPSA) is 28.3 Å². The van der Waals surface area contributed by atoms with Crippen LogP contribution in [0.15, 0.2) is 36.4 Å². The standard InChI is InChI=1S/C20H21ClN2O/c1-12(2)17-9-14-8-16(21)15(11-18(14)22-17)13-4-5-19-20(10-13)24-7-6-23(19)3/h4-5,8-12,22H,6-7H2,1-3H3. The molecule has 3 aromatic rings. The zero-order chi connectivity index (χ0) is 16.8. The molecular formula is C20H21ClN2O. The summed E-state index contributed by atoms with van der Waals surface area (Å²) in [5.41, 5.74) is 5.59. The number of nitrogens with zero attached hydrogens (tertiary/aromatic N) is 1. The summed E-state index contributed by atoms with van der Waals surface area (Å²) in [5, 5.41) is 1.92. The number of rotatable bonds is 2. The highest BCUT2D eigenvalue weighted by molar-refractivity contribution is 6.34. The van der Waals surface area contributed by atoms with Crippen LogP contribution in [0.25, 0.3) is 22.0 Å². The maximum absolute atomic E-state index is 6.57. The first-order valence-electron chi connectivity index (χ1n) is 8.33. The van der Waals surface area contributed by atoms with Crippen molar-refractivity contribution in [3.63, 3.8) is 0 Å². The second-order valence-electron chi connectivity index (χ2n) is 6.75. The second kappa shape index (κ2) is 5.75. The zero-order valence-electron chi connectivity index (χ0n) is 14.2. The number of halogens is 1. The lowest BCUT2D eigenvalue weighted by molar-refractivity contribution is 0.311. The Kier molecular flexibility index (Phi) is 3.69. The average molecular weight is 341 g/mol. The van der Waals surface area contributed by atoms with E-state index in [2.05, 4.69) is 61.1 Å². The van der Waals surface area contributed by atoms with E-state index in [9.17, 15) is 0 Å². The van der Waals surface area contributed by atoms with E-state index in [0.717, 1.165) is 45.0 Å².